The van der Waals surface area contributed by atoms with E-state index >= 15 is 0 Å². The maximum Gasteiger partial charge on any atom is 0.421 e. The molecule has 26 heavy (non-hydrogen) atoms. The predicted octanol–water partition coefficient (Wildman–Crippen LogP) is 2.62. The van der Waals surface area contributed by atoms with E-state index in [1.807, 2.05) is 24.3 Å². The number of alkyl halides is 3. The Morgan fingerprint density at radius 3 is 2.69 bits per heavy atom. The highest BCUT2D eigenvalue weighted by atomic mass is 19.4. The van der Waals surface area contributed by atoms with Gasteiger partial charge in [0.15, 0.2) is 0 Å². The van der Waals surface area contributed by atoms with Gasteiger partial charge in [-0.2, -0.15) is 13.2 Å². The van der Waals surface area contributed by atoms with Crippen LogP contribution in [-0.2, 0) is 17.5 Å². The number of hydrogen-bond acceptors (Lipinski definition) is 3. The number of pyridine rings is 1. The van der Waals surface area contributed by atoms with Crippen molar-refractivity contribution in [3.8, 4) is 0 Å². The third kappa shape index (κ3) is 3.61. The summed E-state index contributed by atoms with van der Waals surface area (Å²) in [6.07, 6.45) is -3.62. The van der Waals surface area contributed by atoms with E-state index in [0.29, 0.717) is 11.9 Å². The van der Waals surface area contributed by atoms with Crippen LogP contribution in [0.5, 0.6) is 0 Å². The highest BCUT2D eigenvalue weighted by Gasteiger charge is 2.34. The number of carbonyl (C=O) groups is 1. The molecule has 1 amide bonds. The SMILES string of the molecule is CC(NC(=O)Cn1cccc(C(F)(F)F)c1=O)c1nc2ccccc2[nH]1. The molecule has 1 aromatic carbocycles. The van der Waals surface area contributed by atoms with Gasteiger partial charge in [0, 0.05) is 6.20 Å². The third-order valence-corrected chi connectivity index (χ3v) is 3.83. The number of aromatic amines is 1. The fourth-order valence-electron chi connectivity index (χ4n) is 2.56. The number of nitrogens with zero attached hydrogens (tertiary/aromatic N) is 2. The number of para-hydroxylation sites is 2. The van der Waals surface area contributed by atoms with Gasteiger partial charge in [-0.05, 0) is 31.2 Å². The number of hydrogen-bond donors (Lipinski definition) is 2. The van der Waals surface area contributed by atoms with E-state index in [4.69, 9.17) is 0 Å². The Kier molecular flexibility index (Phi) is 4.54. The topological polar surface area (TPSA) is 79.8 Å². The summed E-state index contributed by atoms with van der Waals surface area (Å²) in [5.74, 6) is -0.0877. The molecule has 0 radical (unpaired) electrons. The van der Waals surface area contributed by atoms with Crippen molar-refractivity contribution in [2.75, 3.05) is 0 Å². The van der Waals surface area contributed by atoms with Crippen LogP contribution in [0.2, 0.25) is 0 Å². The molecular weight excluding hydrogens is 349 g/mol. The molecule has 0 saturated heterocycles. The van der Waals surface area contributed by atoms with Gasteiger partial charge in [0.2, 0.25) is 5.91 Å². The Balaban J connectivity index is 1.74. The van der Waals surface area contributed by atoms with Crippen molar-refractivity contribution in [2.24, 2.45) is 0 Å². The first-order valence-corrected chi connectivity index (χ1v) is 7.76. The monoisotopic (exact) mass is 364 g/mol. The Hall–Kier alpha value is -3.10. The minimum absolute atomic E-state index is 0.503. The zero-order valence-electron chi connectivity index (χ0n) is 13.7. The van der Waals surface area contributed by atoms with Gasteiger partial charge >= 0.3 is 6.18 Å². The molecule has 0 bridgehead atoms. The molecule has 0 spiro atoms. The van der Waals surface area contributed by atoms with Crippen LogP contribution in [0.3, 0.4) is 0 Å². The molecule has 3 rings (SSSR count). The summed E-state index contributed by atoms with van der Waals surface area (Å²) in [4.78, 5) is 31.4. The van der Waals surface area contributed by atoms with Crippen molar-refractivity contribution < 1.29 is 18.0 Å². The van der Waals surface area contributed by atoms with Crippen LogP contribution >= 0.6 is 0 Å². The van der Waals surface area contributed by atoms with E-state index in [-0.39, 0.29) is 0 Å². The maximum atomic E-state index is 12.8. The van der Waals surface area contributed by atoms with Crippen LogP contribution < -0.4 is 10.9 Å². The average Bonchev–Trinajstić information content (AvgIpc) is 3.00. The smallest absolute Gasteiger partial charge is 0.345 e. The van der Waals surface area contributed by atoms with Crippen LogP contribution in [0, 0.1) is 0 Å². The summed E-state index contributed by atoms with van der Waals surface area (Å²) >= 11 is 0. The van der Waals surface area contributed by atoms with Gasteiger partial charge in [-0.1, -0.05) is 12.1 Å². The van der Waals surface area contributed by atoms with Crippen molar-refractivity contribution in [1.82, 2.24) is 19.9 Å². The quantitative estimate of drug-likeness (QED) is 0.747. The molecule has 9 heteroatoms. The number of halogens is 3. The number of H-pyrrole nitrogens is 1. The molecule has 0 aliphatic carbocycles. The normalized spacial score (nSPS) is 12.9. The molecule has 1 atom stereocenters. The van der Waals surface area contributed by atoms with Gasteiger partial charge in [0.1, 0.15) is 17.9 Å². The van der Waals surface area contributed by atoms with E-state index < -0.39 is 35.8 Å². The molecule has 0 aliphatic heterocycles. The molecular formula is C17H15F3N4O2. The van der Waals surface area contributed by atoms with Crippen LogP contribution in [-0.4, -0.2) is 20.4 Å². The average molecular weight is 364 g/mol. The van der Waals surface area contributed by atoms with E-state index in [1.165, 1.54) is 0 Å². The van der Waals surface area contributed by atoms with E-state index in [9.17, 15) is 22.8 Å². The van der Waals surface area contributed by atoms with Gasteiger partial charge < -0.3 is 14.9 Å². The molecule has 6 nitrogen and oxygen atoms in total. The Bertz CT molecular complexity index is 974. The summed E-state index contributed by atoms with van der Waals surface area (Å²) in [7, 11) is 0. The van der Waals surface area contributed by atoms with Crippen molar-refractivity contribution >= 4 is 16.9 Å². The standard InChI is InChI=1S/C17H15F3N4O2/c1-10(15-22-12-6-2-3-7-13(12)23-15)21-14(25)9-24-8-4-5-11(16(24)26)17(18,19)20/h2-8,10H,9H2,1H3,(H,21,25)(H,22,23). The fourth-order valence-corrected chi connectivity index (χ4v) is 2.56. The lowest BCUT2D eigenvalue weighted by atomic mass is 10.2. The lowest BCUT2D eigenvalue weighted by Crippen LogP contribution is -2.36. The molecule has 0 aliphatic rings. The first kappa shape index (κ1) is 17.7. The molecule has 2 aromatic heterocycles. The first-order chi connectivity index (χ1) is 12.3. The number of benzene rings is 1. The largest absolute Gasteiger partial charge is 0.421 e. The number of amides is 1. The molecule has 136 valence electrons. The molecule has 2 N–H and O–H groups in total. The van der Waals surface area contributed by atoms with Crippen LogP contribution in [0.1, 0.15) is 24.4 Å². The molecule has 1 unspecified atom stereocenters. The van der Waals surface area contributed by atoms with Gasteiger partial charge in [0.05, 0.1) is 17.1 Å². The van der Waals surface area contributed by atoms with E-state index in [1.54, 1.807) is 6.92 Å². The second-order valence-electron chi connectivity index (χ2n) is 5.78. The number of carbonyl (C=O) groups excluding carboxylic acids is 1. The van der Waals surface area contributed by atoms with Gasteiger partial charge in [-0.15, -0.1) is 0 Å². The molecule has 2 heterocycles. The van der Waals surface area contributed by atoms with Gasteiger partial charge in [-0.3, -0.25) is 9.59 Å². The van der Waals surface area contributed by atoms with E-state index in [0.717, 1.165) is 27.9 Å². The number of fused-ring (bicyclic) bond motifs is 1. The summed E-state index contributed by atoms with van der Waals surface area (Å²) in [5, 5.41) is 2.62. The lowest BCUT2D eigenvalue weighted by Gasteiger charge is -2.13. The maximum absolute atomic E-state index is 12.8. The van der Waals surface area contributed by atoms with Crippen molar-refractivity contribution in [3.05, 3.63) is 64.3 Å². The minimum atomic E-state index is -4.77. The summed E-state index contributed by atoms with van der Waals surface area (Å²) < 4.78 is 39.0. The molecule has 0 fully saturated rings. The fraction of sp³-hybridized carbons (Fsp3) is 0.235. The highest BCUT2D eigenvalue weighted by Crippen LogP contribution is 2.26. The first-order valence-electron chi connectivity index (χ1n) is 7.76. The van der Waals surface area contributed by atoms with Crippen molar-refractivity contribution in [1.29, 1.82) is 0 Å². The summed E-state index contributed by atoms with van der Waals surface area (Å²) in [5.41, 5.74) is -1.03. The highest BCUT2D eigenvalue weighted by molar-refractivity contribution is 5.77. The number of nitrogens with one attached hydrogen (secondary N) is 2. The van der Waals surface area contributed by atoms with Crippen LogP contribution in [0.25, 0.3) is 11.0 Å². The van der Waals surface area contributed by atoms with Crippen LogP contribution in [0.4, 0.5) is 13.2 Å². The Morgan fingerprint density at radius 2 is 2.00 bits per heavy atom. The van der Waals surface area contributed by atoms with E-state index in [2.05, 4.69) is 15.3 Å². The zero-order chi connectivity index (χ0) is 18.9. The molecule has 3 aromatic rings. The second kappa shape index (κ2) is 6.66. The van der Waals surface area contributed by atoms with Crippen LogP contribution in [0.15, 0.2) is 47.4 Å². The number of imidazole rings is 1. The van der Waals surface area contributed by atoms with Gasteiger partial charge in [0.25, 0.3) is 5.56 Å². The summed E-state index contributed by atoms with van der Waals surface area (Å²) in [6.45, 7) is 1.16. The third-order valence-electron chi connectivity index (χ3n) is 3.83. The minimum Gasteiger partial charge on any atom is -0.345 e. The predicted molar refractivity (Wildman–Crippen MR) is 88.4 cm³/mol. The lowest BCUT2D eigenvalue weighted by molar-refractivity contribution is -0.139. The van der Waals surface area contributed by atoms with Crippen molar-refractivity contribution in [2.45, 2.75) is 25.7 Å². The Morgan fingerprint density at radius 1 is 1.27 bits per heavy atom. The Labute approximate surface area is 145 Å². The van der Waals surface area contributed by atoms with Gasteiger partial charge in [-0.25, -0.2) is 4.98 Å². The number of aromatic nitrogens is 3. The zero-order valence-corrected chi connectivity index (χ0v) is 13.7. The van der Waals surface area contributed by atoms with Crippen molar-refractivity contribution in [3.63, 3.8) is 0 Å². The molecule has 0 saturated carbocycles. The summed E-state index contributed by atoms with van der Waals surface area (Å²) in [6, 6.07) is 8.59. The second-order valence-corrected chi connectivity index (χ2v) is 5.78. The number of rotatable bonds is 4.